The Morgan fingerprint density at radius 1 is 1.00 bits per heavy atom. The molecule has 3 aromatic rings. The number of nitrogens with zero attached hydrogens (tertiary/aromatic N) is 1. The highest BCUT2D eigenvalue weighted by atomic mass is 19.1. The molecule has 3 rings (SSSR count). The van der Waals surface area contributed by atoms with Crippen LogP contribution in [-0.2, 0) is 9.53 Å². The van der Waals surface area contributed by atoms with E-state index in [-0.39, 0.29) is 31.2 Å². The lowest BCUT2D eigenvalue weighted by atomic mass is 10.1. The molecule has 0 atom stereocenters. The zero-order valence-electron chi connectivity index (χ0n) is 18.2. The topological polar surface area (TPSA) is 57.5 Å². The Morgan fingerprint density at radius 2 is 1.77 bits per heavy atom. The minimum Gasteiger partial charge on any atom is -0.493 e. The van der Waals surface area contributed by atoms with Crippen molar-refractivity contribution in [1.82, 2.24) is 4.57 Å². The summed E-state index contributed by atoms with van der Waals surface area (Å²) in [6, 6.07) is 13.8. The fraction of sp³-hybridized carbons (Fsp3) is 0.280. The first-order valence-corrected chi connectivity index (χ1v) is 10.1. The molecule has 1 heterocycles. The quantitative estimate of drug-likeness (QED) is 0.376. The highest BCUT2D eigenvalue weighted by molar-refractivity contribution is 5.99. The first kappa shape index (κ1) is 22.3. The van der Waals surface area contributed by atoms with Crippen molar-refractivity contribution in [2.75, 3.05) is 13.2 Å². The van der Waals surface area contributed by atoms with Gasteiger partial charge in [0.25, 0.3) is 0 Å². The number of benzene rings is 2. The molecular weight excluding hydrogens is 397 g/mol. The van der Waals surface area contributed by atoms with Crippen LogP contribution in [0.2, 0.25) is 0 Å². The summed E-state index contributed by atoms with van der Waals surface area (Å²) in [5.74, 6) is -0.430. The van der Waals surface area contributed by atoms with E-state index in [0.717, 1.165) is 22.6 Å². The van der Waals surface area contributed by atoms with Crippen molar-refractivity contribution in [3.63, 3.8) is 0 Å². The standard InChI is InChI=1S/C25H26FNO4/c1-16-8-9-17(2)24(12-16)30-11-10-25(29)31-15-23(28)22-13-18(3)27(19(22)4)21-7-5-6-20(26)14-21/h5-9,12-14H,10-11,15H2,1-4H3. The number of carbonyl (C=O) groups is 2. The molecule has 162 valence electrons. The summed E-state index contributed by atoms with van der Waals surface area (Å²) < 4.78 is 26.2. The molecule has 0 saturated carbocycles. The summed E-state index contributed by atoms with van der Waals surface area (Å²) in [5.41, 5.74) is 4.60. The maximum Gasteiger partial charge on any atom is 0.309 e. The van der Waals surface area contributed by atoms with E-state index in [4.69, 9.17) is 9.47 Å². The Labute approximate surface area is 181 Å². The molecule has 0 aliphatic rings. The molecule has 0 aliphatic heterocycles. The van der Waals surface area contributed by atoms with E-state index in [1.807, 2.05) is 39.0 Å². The molecule has 0 saturated heterocycles. The number of ether oxygens (including phenoxy) is 2. The monoisotopic (exact) mass is 423 g/mol. The molecule has 0 N–H and O–H groups in total. The van der Waals surface area contributed by atoms with E-state index in [2.05, 4.69) is 0 Å². The molecule has 0 aliphatic carbocycles. The maximum absolute atomic E-state index is 13.6. The van der Waals surface area contributed by atoms with Crippen LogP contribution in [0.1, 0.15) is 39.3 Å². The van der Waals surface area contributed by atoms with Crippen LogP contribution in [0.3, 0.4) is 0 Å². The number of rotatable bonds is 8. The summed E-state index contributed by atoms with van der Waals surface area (Å²) >= 11 is 0. The number of aromatic nitrogens is 1. The number of ketones is 1. The maximum atomic E-state index is 13.6. The summed E-state index contributed by atoms with van der Waals surface area (Å²) in [7, 11) is 0. The molecule has 0 fully saturated rings. The molecule has 1 aromatic heterocycles. The van der Waals surface area contributed by atoms with Crippen molar-refractivity contribution in [3.05, 3.63) is 82.4 Å². The molecule has 31 heavy (non-hydrogen) atoms. The second kappa shape index (κ2) is 9.60. The number of Topliss-reactive ketones (excluding diaryl/α,β-unsaturated/α-hetero) is 1. The van der Waals surface area contributed by atoms with Crippen LogP contribution in [0, 0.1) is 33.5 Å². The van der Waals surface area contributed by atoms with E-state index in [9.17, 15) is 14.0 Å². The predicted molar refractivity (Wildman–Crippen MR) is 117 cm³/mol. The zero-order valence-corrected chi connectivity index (χ0v) is 18.2. The first-order chi connectivity index (χ1) is 14.8. The smallest absolute Gasteiger partial charge is 0.309 e. The molecule has 0 bridgehead atoms. The number of aryl methyl sites for hydroxylation is 3. The summed E-state index contributed by atoms with van der Waals surface area (Å²) in [6.07, 6.45) is 0.0446. The lowest BCUT2D eigenvalue weighted by Gasteiger charge is -2.10. The van der Waals surface area contributed by atoms with Gasteiger partial charge >= 0.3 is 5.97 Å². The van der Waals surface area contributed by atoms with Gasteiger partial charge in [0.05, 0.1) is 13.0 Å². The third-order valence-corrected chi connectivity index (χ3v) is 5.07. The van der Waals surface area contributed by atoms with Crippen LogP contribution in [0.25, 0.3) is 5.69 Å². The Bertz CT molecular complexity index is 1120. The van der Waals surface area contributed by atoms with Crippen molar-refractivity contribution in [3.8, 4) is 11.4 Å². The van der Waals surface area contributed by atoms with Crippen LogP contribution >= 0.6 is 0 Å². The van der Waals surface area contributed by atoms with Crippen LogP contribution < -0.4 is 4.74 Å². The van der Waals surface area contributed by atoms with Crippen molar-refractivity contribution in [2.45, 2.75) is 34.1 Å². The SMILES string of the molecule is Cc1ccc(C)c(OCCC(=O)OCC(=O)c2cc(C)n(-c3cccc(F)c3)c2C)c1. The second-order valence-corrected chi connectivity index (χ2v) is 7.55. The fourth-order valence-electron chi connectivity index (χ4n) is 3.46. The summed E-state index contributed by atoms with van der Waals surface area (Å²) in [5, 5.41) is 0. The van der Waals surface area contributed by atoms with Gasteiger partial charge in [-0.05, 0) is 69.2 Å². The molecule has 0 radical (unpaired) electrons. The van der Waals surface area contributed by atoms with E-state index in [0.29, 0.717) is 16.9 Å². The number of esters is 1. The lowest BCUT2D eigenvalue weighted by Crippen LogP contribution is -2.16. The average Bonchev–Trinajstić information content (AvgIpc) is 3.03. The Kier molecular flexibility index (Phi) is 6.90. The van der Waals surface area contributed by atoms with Gasteiger partial charge in [0.2, 0.25) is 5.78 Å². The summed E-state index contributed by atoms with van der Waals surface area (Å²) in [6.45, 7) is 7.35. The van der Waals surface area contributed by atoms with E-state index in [1.165, 1.54) is 12.1 Å². The highest BCUT2D eigenvalue weighted by Gasteiger charge is 2.18. The van der Waals surface area contributed by atoms with Crippen molar-refractivity contribution in [1.29, 1.82) is 0 Å². The van der Waals surface area contributed by atoms with E-state index >= 15 is 0 Å². The van der Waals surface area contributed by atoms with Gasteiger partial charge in [-0.25, -0.2) is 4.39 Å². The molecular formula is C25H26FNO4. The van der Waals surface area contributed by atoms with E-state index < -0.39 is 5.97 Å². The molecule has 6 heteroatoms. The largest absolute Gasteiger partial charge is 0.493 e. The van der Waals surface area contributed by atoms with Crippen LogP contribution in [0.5, 0.6) is 5.75 Å². The molecule has 0 amide bonds. The second-order valence-electron chi connectivity index (χ2n) is 7.55. The summed E-state index contributed by atoms with van der Waals surface area (Å²) in [4.78, 5) is 24.7. The Balaban J connectivity index is 1.56. The van der Waals surface area contributed by atoms with Crippen LogP contribution in [0.4, 0.5) is 4.39 Å². The van der Waals surface area contributed by atoms with Crippen molar-refractivity contribution in [2.24, 2.45) is 0 Å². The van der Waals surface area contributed by atoms with Crippen molar-refractivity contribution >= 4 is 11.8 Å². The van der Waals surface area contributed by atoms with Crippen LogP contribution in [-0.4, -0.2) is 29.5 Å². The van der Waals surface area contributed by atoms with Crippen molar-refractivity contribution < 1.29 is 23.5 Å². The minimum atomic E-state index is -0.502. The van der Waals surface area contributed by atoms with Gasteiger partial charge in [-0.15, -0.1) is 0 Å². The molecule has 0 unspecified atom stereocenters. The predicted octanol–water partition coefficient (Wildman–Crippen LogP) is 5.05. The zero-order chi connectivity index (χ0) is 22.5. The number of hydrogen-bond acceptors (Lipinski definition) is 4. The molecule has 5 nitrogen and oxygen atoms in total. The molecule has 0 spiro atoms. The van der Waals surface area contributed by atoms with Gasteiger partial charge in [0.15, 0.2) is 6.61 Å². The van der Waals surface area contributed by atoms with Gasteiger partial charge in [-0.1, -0.05) is 18.2 Å². The number of halogens is 1. The third-order valence-electron chi connectivity index (χ3n) is 5.07. The fourth-order valence-corrected chi connectivity index (χ4v) is 3.46. The normalized spacial score (nSPS) is 10.7. The lowest BCUT2D eigenvalue weighted by molar-refractivity contribution is -0.143. The van der Waals surface area contributed by atoms with Gasteiger partial charge in [-0.2, -0.15) is 0 Å². The van der Waals surface area contributed by atoms with E-state index in [1.54, 1.807) is 29.7 Å². The number of carbonyl (C=O) groups excluding carboxylic acids is 2. The highest BCUT2D eigenvalue weighted by Crippen LogP contribution is 2.22. The number of hydrogen-bond donors (Lipinski definition) is 0. The van der Waals surface area contributed by atoms with Gasteiger partial charge in [0, 0.05) is 22.6 Å². The van der Waals surface area contributed by atoms with Gasteiger partial charge in [0.1, 0.15) is 11.6 Å². The minimum absolute atomic E-state index is 0.0446. The average molecular weight is 423 g/mol. The first-order valence-electron chi connectivity index (χ1n) is 10.1. The molecule has 2 aromatic carbocycles. The van der Waals surface area contributed by atoms with Gasteiger partial charge < -0.3 is 14.0 Å². The van der Waals surface area contributed by atoms with Crippen LogP contribution in [0.15, 0.2) is 48.5 Å². The Hall–Kier alpha value is -3.41. The Morgan fingerprint density at radius 3 is 2.52 bits per heavy atom. The van der Waals surface area contributed by atoms with Gasteiger partial charge in [-0.3, -0.25) is 9.59 Å². The third kappa shape index (κ3) is 5.40.